The second-order valence-corrected chi connectivity index (χ2v) is 3.56. The molecule has 18 heavy (non-hydrogen) atoms. The van der Waals surface area contributed by atoms with Crippen molar-refractivity contribution < 1.29 is 0 Å². The van der Waals surface area contributed by atoms with Crippen LogP contribution in [0.2, 0.25) is 0 Å². The molecule has 5 nitrogen and oxygen atoms in total. The molecule has 2 rings (SSSR count). The summed E-state index contributed by atoms with van der Waals surface area (Å²) < 4.78 is 0. The van der Waals surface area contributed by atoms with Crippen LogP contribution in [0.1, 0.15) is 11.3 Å². The molecule has 0 fully saturated rings. The maximum atomic E-state index is 8.97. The molecule has 0 aliphatic carbocycles. The predicted octanol–water partition coefficient (Wildman–Crippen LogP) is 1.99. The lowest BCUT2D eigenvalue weighted by Gasteiger charge is -2.18. The highest BCUT2D eigenvalue weighted by Gasteiger charge is 2.11. The highest BCUT2D eigenvalue weighted by Crippen LogP contribution is 2.23. The summed E-state index contributed by atoms with van der Waals surface area (Å²) in [5.41, 5.74) is 1.70. The number of hydrogen-bond acceptors (Lipinski definition) is 5. The van der Waals surface area contributed by atoms with Crippen LogP contribution in [-0.2, 0) is 0 Å². The summed E-state index contributed by atoms with van der Waals surface area (Å²) in [6.45, 7) is 0. The number of aromatic nitrogens is 2. The Kier molecular flexibility index (Phi) is 3.17. The molecule has 0 aliphatic rings. The summed E-state index contributed by atoms with van der Waals surface area (Å²) in [4.78, 5) is 9.86. The molecule has 0 radical (unpaired) electrons. The molecule has 0 amide bonds. The van der Waals surface area contributed by atoms with Crippen LogP contribution in [0.25, 0.3) is 0 Å². The Bertz CT molecular complexity index is 634. The zero-order valence-corrected chi connectivity index (χ0v) is 9.70. The minimum absolute atomic E-state index is 0.268. The molecular weight excluding hydrogens is 226 g/mol. The van der Waals surface area contributed by atoms with Gasteiger partial charge in [-0.1, -0.05) is 0 Å². The van der Waals surface area contributed by atoms with E-state index in [-0.39, 0.29) is 5.69 Å². The molecule has 1 aromatic heterocycles. The summed E-state index contributed by atoms with van der Waals surface area (Å²) in [6.07, 6.45) is 3.02. The molecule has 0 unspecified atom stereocenters. The molecule has 2 aromatic rings. The van der Waals surface area contributed by atoms with Gasteiger partial charge in [-0.25, -0.2) is 9.97 Å². The van der Waals surface area contributed by atoms with Crippen molar-refractivity contribution in [1.29, 1.82) is 10.5 Å². The van der Waals surface area contributed by atoms with Crippen molar-refractivity contribution in [3.8, 4) is 12.1 Å². The van der Waals surface area contributed by atoms with Crippen LogP contribution in [0.5, 0.6) is 0 Å². The molecule has 0 bridgehead atoms. The van der Waals surface area contributed by atoms with Gasteiger partial charge in [0.2, 0.25) is 0 Å². The topological polar surface area (TPSA) is 76.6 Å². The number of rotatable bonds is 2. The van der Waals surface area contributed by atoms with Gasteiger partial charge in [0.1, 0.15) is 6.07 Å². The Hall–Kier alpha value is -2.92. The van der Waals surface area contributed by atoms with Gasteiger partial charge in [-0.05, 0) is 24.3 Å². The van der Waals surface area contributed by atoms with Crippen LogP contribution in [0, 0.1) is 22.7 Å². The van der Waals surface area contributed by atoms with E-state index in [4.69, 9.17) is 10.5 Å². The van der Waals surface area contributed by atoms with Crippen LogP contribution in [0.15, 0.2) is 36.7 Å². The summed E-state index contributed by atoms with van der Waals surface area (Å²) in [5.74, 6) is 0.490. The Morgan fingerprint density at radius 3 is 2.28 bits per heavy atom. The fraction of sp³-hybridized carbons (Fsp3) is 0.0769. The first kappa shape index (κ1) is 11.6. The van der Waals surface area contributed by atoms with Crippen LogP contribution in [0.4, 0.5) is 11.5 Å². The Morgan fingerprint density at radius 1 is 1.00 bits per heavy atom. The van der Waals surface area contributed by atoms with Crippen LogP contribution >= 0.6 is 0 Å². The van der Waals surface area contributed by atoms with Crippen molar-refractivity contribution >= 4 is 11.5 Å². The second kappa shape index (κ2) is 4.94. The molecule has 86 valence electrons. The molecule has 0 spiro atoms. The number of benzene rings is 1. The molecule has 0 aliphatic heterocycles. The highest BCUT2D eigenvalue weighted by molar-refractivity contribution is 5.63. The first-order valence-corrected chi connectivity index (χ1v) is 5.21. The SMILES string of the molecule is CN(c1ccc(C#N)cc1)c1nccnc1C#N. The van der Waals surface area contributed by atoms with E-state index in [0.717, 1.165) is 5.69 Å². The molecule has 5 heteroatoms. The maximum Gasteiger partial charge on any atom is 0.183 e. The minimum Gasteiger partial charge on any atom is -0.327 e. The second-order valence-electron chi connectivity index (χ2n) is 3.56. The van der Waals surface area contributed by atoms with E-state index in [2.05, 4.69) is 16.0 Å². The Labute approximate surface area is 105 Å². The van der Waals surface area contributed by atoms with E-state index in [0.29, 0.717) is 11.4 Å². The first-order valence-electron chi connectivity index (χ1n) is 5.21. The lowest BCUT2D eigenvalue weighted by molar-refractivity contribution is 1.07. The average Bonchev–Trinajstić information content (AvgIpc) is 2.46. The monoisotopic (exact) mass is 235 g/mol. The maximum absolute atomic E-state index is 8.97. The van der Waals surface area contributed by atoms with Crippen molar-refractivity contribution in [1.82, 2.24) is 9.97 Å². The van der Waals surface area contributed by atoms with Crippen molar-refractivity contribution in [2.75, 3.05) is 11.9 Å². The quantitative estimate of drug-likeness (QED) is 0.795. The molecular formula is C13H9N5. The number of hydrogen-bond donors (Lipinski definition) is 0. The zero-order chi connectivity index (χ0) is 13.0. The van der Waals surface area contributed by atoms with Crippen molar-refractivity contribution in [3.63, 3.8) is 0 Å². The van der Waals surface area contributed by atoms with E-state index in [9.17, 15) is 0 Å². The summed E-state index contributed by atoms with van der Waals surface area (Å²) in [6, 6.07) is 11.1. The predicted molar refractivity (Wildman–Crippen MR) is 66.0 cm³/mol. The van der Waals surface area contributed by atoms with E-state index in [1.54, 1.807) is 36.2 Å². The van der Waals surface area contributed by atoms with E-state index in [1.807, 2.05) is 6.07 Å². The molecule has 0 saturated carbocycles. The molecule has 0 saturated heterocycles. The van der Waals surface area contributed by atoms with Gasteiger partial charge >= 0.3 is 0 Å². The lowest BCUT2D eigenvalue weighted by atomic mass is 10.2. The average molecular weight is 235 g/mol. The van der Waals surface area contributed by atoms with Gasteiger partial charge in [-0.3, -0.25) is 0 Å². The molecule has 1 aromatic carbocycles. The van der Waals surface area contributed by atoms with Crippen LogP contribution in [0.3, 0.4) is 0 Å². The first-order chi connectivity index (χ1) is 8.76. The number of nitrogens with zero attached hydrogens (tertiary/aromatic N) is 5. The Balaban J connectivity index is 2.39. The minimum atomic E-state index is 0.268. The molecule has 1 heterocycles. The van der Waals surface area contributed by atoms with Gasteiger partial charge in [-0.15, -0.1) is 0 Å². The smallest absolute Gasteiger partial charge is 0.183 e. The third kappa shape index (κ3) is 2.11. The standard InChI is InChI=1S/C13H9N5/c1-18(11-4-2-10(8-14)3-5-11)13-12(9-15)16-6-7-17-13/h2-7H,1H3. The van der Waals surface area contributed by atoms with Crippen LogP contribution in [-0.4, -0.2) is 17.0 Å². The normalized spacial score (nSPS) is 9.28. The van der Waals surface area contributed by atoms with Gasteiger partial charge in [0.25, 0.3) is 0 Å². The fourth-order valence-electron chi connectivity index (χ4n) is 1.54. The largest absolute Gasteiger partial charge is 0.327 e. The molecule has 0 N–H and O–H groups in total. The fourth-order valence-corrected chi connectivity index (χ4v) is 1.54. The Morgan fingerprint density at radius 2 is 1.67 bits per heavy atom. The number of nitriles is 2. The van der Waals surface area contributed by atoms with Crippen molar-refractivity contribution in [3.05, 3.63) is 47.9 Å². The van der Waals surface area contributed by atoms with Gasteiger partial charge in [0.15, 0.2) is 11.5 Å². The zero-order valence-electron chi connectivity index (χ0n) is 9.70. The van der Waals surface area contributed by atoms with Gasteiger partial charge in [0, 0.05) is 25.1 Å². The van der Waals surface area contributed by atoms with Gasteiger partial charge in [-0.2, -0.15) is 10.5 Å². The highest BCUT2D eigenvalue weighted by atomic mass is 15.2. The summed E-state index contributed by atoms with van der Waals surface area (Å²) >= 11 is 0. The molecule has 0 atom stereocenters. The van der Waals surface area contributed by atoms with Crippen molar-refractivity contribution in [2.45, 2.75) is 0 Å². The van der Waals surface area contributed by atoms with Gasteiger partial charge < -0.3 is 4.90 Å². The van der Waals surface area contributed by atoms with E-state index >= 15 is 0 Å². The van der Waals surface area contributed by atoms with Crippen molar-refractivity contribution in [2.24, 2.45) is 0 Å². The number of anilines is 2. The van der Waals surface area contributed by atoms with E-state index in [1.165, 1.54) is 12.4 Å². The lowest BCUT2D eigenvalue weighted by Crippen LogP contribution is -2.13. The summed E-state index contributed by atoms with van der Waals surface area (Å²) in [5, 5.41) is 17.7. The van der Waals surface area contributed by atoms with Gasteiger partial charge in [0.05, 0.1) is 11.6 Å². The van der Waals surface area contributed by atoms with E-state index < -0.39 is 0 Å². The summed E-state index contributed by atoms with van der Waals surface area (Å²) in [7, 11) is 1.80. The van der Waals surface area contributed by atoms with Crippen LogP contribution < -0.4 is 4.90 Å². The third-order valence-corrected chi connectivity index (χ3v) is 2.49. The third-order valence-electron chi connectivity index (χ3n) is 2.49.